The molecule has 27 heavy (non-hydrogen) atoms. The molecule has 1 saturated heterocycles. The molecule has 0 atom stereocenters. The maximum atomic E-state index is 12.0. The average molecular weight is 381 g/mol. The van der Waals surface area contributed by atoms with Crippen molar-refractivity contribution in [2.24, 2.45) is 0 Å². The van der Waals surface area contributed by atoms with Crippen LogP contribution in [0.1, 0.15) is 5.56 Å². The molecule has 0 spiro atoms. The Morgan fingerprint density at radius 2 is 1.74 bits per heavy atom. The number of hydrogen-bond acceptors (Lipinski definition) is 5. The van der Waals surface area contributed by atoms with Gasteiger partial charge < -0.3 is 10.2 Å². The molecule has 3 aromatic rings. The zero-order valence-electron chi connectivity index (χ0n) is 15.3. The number of nitrogens with zero attached hydrogens (tertiary/aromatic N) is 3. The van der Waals surface area contributed by atoms with E-state index < -0.39 is 0 Å². The predicted molar refractivity (Wildman–Crippen MR) is 111 cm³/mol. The van der Waals surface area contributed by atoms with E-state index >= 15 is 0 Å². The maximum absolute atomic E-state index is 12.0. The Labute approximate surface area is 163 Å². The second kappa shape index (κ2) is 8.50. The number of piperazine rings is 1. The molecule has 6 heteroatoms. The Morgan fingerprint density at radius 3 is 2.52 bits per heavy atom. The summed E-state index contributed by atoms with van der Waals surface area (Å²) in [7, 11) is 0. The Morgan fingerprint density at radius 1 is 1.00 bits per heavy atom. The highest BCUT2D eigenvalue weighted by Crippen LogP contribution is 2.28. The number of carbonyl (C=O) groups is 1. The third kappa shape index (κ3) is 4.64. The maximum Gasteiger partial charge on any atom is 0.224 e. The Hall–Kier alpha value is -2.44. The minimum absolute atomic E-state index is 0.0920. The van der Waals surface area contributed by atoms with Crippen LogP contribution in [0, 0.1) is 0 Å². The highest BCUT2D eigenvalue weighted by molar-refractivity contribution is 7.22. The van der Waals surface area contributed by atoms with Crippen molar-refractivity contribution in [2.75, 3.05) is 44.2 Å². The topological polar surface area (TPSA) is 48.5 Å². The lowest BCUT2D eigenvalue weighted by Gasteiger charge is -2.34. The summed E-state index contributed by atoms with van der Waals surface area (Å²) in [6.45, 7) is 5.57. The van der Waals surface area contributed by atoms with Crippen LogP contribution in [0.5, 0.6) is 0 Å². The lowest BCUT2D eigenvalue weighted by atomic mass is 10.1. The summed E-state index contributed by atoms with van der Waals surface area (Å²) in [6, 6.07) is 18.2. The van der Waals surface area contributed by atoms with Gasteiger partial charge in [0, 0.05) is 39.3 Å². The van der Waals surface area contributed by atoms with Crippen molar-refractivity contribution in [2.45, 2.75) is 6.42 Å². The summed E-state index contributed by atoms with van der Waals surface area (Å²) >= 11 is 1.77. The van der Waals surface area contributed by atoms with E-state index in [4.69, 9.17) is 4.98 Å². The van der Waals surface area contributed by atoms with Crippen LogP contribution in [-0.4, -0.2) is 55.1 Å². The predicted octanol–water partition coefficient (Wildman–Crippen LogP) is 2.78. The van der Waals surface area contributed by atoms with Gasteiger partial charge >= 0.3 is 0 Å². The molecule has 0 saturated carbocycles. The molecule has 4 rings (SSSR count). The summed E-state index contributed by atoms with van der Waals surface area (Å²) in [5.41, 5.74) is 2.14. The summed E-state index contributed by atoms with van der Waals surface area (Å²) in [4.78, 5) is 21.6. The van der Waals surface area contributed by atoms with Crippen LogP contribution in [0.15, 0.2) is 54.6 Å². The summed E-state index contributed by atoms with van der Waals surface area (Å²) in [5, 5.41) is 4.15. The van der Waals surface area contributed by atoms with E-state index in [1.54, 1.807) is 11.3 Å². The molecule has 2 aromatic carbocycles. The number of thiazole rings is 1. The van der Waals surface area contributed by atoms with Crippen molar-refractivity contribution in [3.8, 4) is 0 Å². The van der Waals surface area contributed by atoms with Crippen LogP contribution in [-0.2, 0) is 11.2 Å². The largest absolute Gasteiger partial charge is 0.355 e. The highest BCUT2D eigenvalue weighted by Gasteiger charge is 2.19. The summed E-state index contributed by atoms with van der Waals surface area (Å²) < 4.78 is 1.25. The monoisotopic (exact) mass is 380 g/mol. The Balaban J connectivity index is 1.20. The van der Waals surface area contributed by atoms with Gasteiger partial charge in [0.2, 0.25) is 5.91 Å². The molecule has 0 unspecified atom stereocenters. The molecule has 0 bridgehead atoms. The smallest absolute Gasteiger partial charge is 0.224 e. The third-order valence-corrected chi connectivity index (χ3v) is 5.98. The molecule has 140 valence electrons. The number of nitrogens with one attached hydrogen (secondary N) is 1. The first-order valence-corrected chi connectivity index (χ1v) is 10.2. The van der Waals surface area contributed by atoms with Gasteiger partial charge in [-0.1, -0.05) is 53.8 Å². The second-order valence-electron chi connectivity index (χ2n) is 6.81. The van der Waals surface area contributed by atoms with Gasteiger partial charge in [0.15, 0.2) is 5.13 Å². The van der Waals surface area contributed by atoms with E-state index in [1.807, 2.05) is 36.4 Å². The Kier molecular flexibility index (Phi) is 5.65. The van der Waals surface area contributed by atoms with Crippen molar-refractivity contribution in [3.63, 3.8) is 0 Å². The first-order chi connectivity index (χ1) is 13.3. The fourth-order valence-electron chi connectivity index (χ4n) is 3.36. The number of benzene rings is 2. The molecule has 2 heterocycles. The van der Waals surface area contributed by atoms with E-state index in [-0.39, 0.29) is 5.91 Å². The van der Waals surface area contributed by atoms with Gasteiger partial charge in [0.25, 0.3) is 0 Å². The highest BCUT2D eigenvalue weighted by atomic mass is 32.1. The molecule has 0 aliphatic carbocycles. The number of aromatic nitrogens is 1. The first-order valence-electron chi connectivity index (χ1n) is 9.41. The number of hydrogen-bond donors (Lipinski definition) is 1. The molecule has 1 amide bonds. The van der Waals surface area contributed by atoms with Crippen molar-refractivity contribution in [3.05, 3.63) is 60.2 Å². The number of rotatable bonds is 6. The number of anilines is 1. The zero-order chi connectivity index (χ0) is 18.5. The van der Waals surface area contributed by atoms with Gasteiger partial charge in [-0.15, -0.1) is 0 Å². The minimum atomic E-state index is 0.0920. The van der Waals surface area contributed by atoms with Gasteiger partial charge in [-0.3, -0.25) is 9.69 Å². The van der Waals surface area contributed by atoms with Crippen LogP contribution < -0.4 is 10.2 Å². The van der Waals surface area contributed by atoms with E-state index in [0.29, 0.717) is 13.0 Å². The molecule has 1 fully saturated rings. The van der Waals surface area contributed by atoms with Crippen molar-refractivity contribution in [1.29, 1.82) is 0 Å². The molecule has 0 radical (unpaired) electrons. The fraction of sp³-hybridized carbons (Fsp3) is 0.333. The van der Waals surface area contributed by atoms with Crippen LogP contribution >= 0.6 is 11.3 Å². The third-order valence-electron chi connectivity index (χ3n) is 4.88. The van der Waals surface area contributed by atoms with Crippen LogP contribution in [0.25, 0.3) is 10.2 Å². The van der Waals surface area contributed by atoms with Crippen molar-refractivity contribution < 1.29 is 4.79 Å². The van der Waals surface area contributed by atoms with Crippen molar-refractivity contribution in [1.82, 2.24) is 15.2 Å². The molecule has 1 aromatic heterocycles. The van der Waals surface area contributed by atoms with E-state index in [1.165, 1.54) is 4.70 Å². The molecule has 5 nitrogen and oxygen atoms in total. The summed E-state index contributed by atoms with van der Waals surface area (Å²) in [5.74, 6) is 0.0920. The standard InChI is InChI=1S/C21H24N4OS/c26-20(16-17-6-2-1-3-7-17)22-10-11-24-12-14-25(15-13-24)21-23-18-8-4-5-9-19(18)27-21/h1-9H,10-16H2,(H,22,26). The molecule has 1 aliphatic rings. The lowest BCUT2D eigenvalue weighted by Crippen LogP contribution is -2.48. The second-order valence-corrected chi connectivity index (χ2v) is 7.81. The van der Waals surface area contributed by atoms with E-state index in [0.717, 1.165) is 48.9 Å². The van der Waals surface area contributed by atoms with Crippen LogP contribution in [0.4, 0.5) is 5.13 Å². The number of para-hydroxylation sites is 1. The normalized spacial score (nSPS) is 15.2. The number of carbonyl (C=O) groups excluding carboxylic acids is 1. The van der Waals surface area contributed by atoms with Gasteiger partial charge in [-0.2, -0.15) is 0 Å². The van der Waals surface area contributed by atoms with E-state index in [2.05, 4.69) is 33.3 Å². The Bertz CT molecular complexity index is 854. The summed E-state index contributed by atoms with van der Waals surface area (Å²) in [6.07, 6.45) is 0.451. The molecular formula is C21H24N4OS. The number of amides is 1. The SMILES string of the molecule is O=C(Cc1ccccc1)NCCN1CCN(c2nc3ccccc3s2)CC1. The lowest BCUT2D eigenvalue weighted by molar-refractivity contribution is -0.120. The molecule has 1 aliphatic heterocycles. The van der Waals surface area contributed by atoms with Crippen LogP contribution in [0.3, 0.4) is 0 Å². The van der Waals surface area contributed by atoms with Crippen LogP contribution in [0.2, 0.25) is 0 Å². The average Bonchev–Trinajstić information content (AvgIpc) is 3.13. The number of fused-ring (bicyclic) bond motifs is 1. The minimum Gasteiger partial charge on any atom is -0.355 e. The van der Waals surface area contributed by atoms with Gasteiger partial charge in [-0.05, 0) is 17.7 Å². The van der Waals surface area contributed by atoms with Gasteiger partial charge in [0.05, 0.1) is 16.6 Å². The molecule has 1 N–H and O–H groups in total. The fourth-order valence-corrected chi connectivity index (χ4v) is 4.37. The first kappa shape index (κ1) is 17.9. The quantitative estimate of drug-likeness (QED) is 0.714. The van der Waals surface area contributed by atoms with Crippen molar-refractivity contribution >= 4 is 32.6 Å². The van der Waals surface area contributed by atoms with E-state index in [9.17, 15) is 4.79 Å². The van der Waals surface area contributed by atoms with Gasteiger partial charge in [0.1, 0.15) is 0 Å². The van der Waals surface area contributed by atoms with Gasteiger partial charge in [-0.25, -0.2) is 4.98 Å². The zero-order valence-corrected chi connectivity index (χ0v) is 16.1. The molecular weight excluding hydrogens is 356 g/mol.